The van der Waals surface area contributed by atoms with Crippen LogP contribution >= 0.6 is 0 Å². The molecule has 0 aromatic heterocycles. The molecule has 21 heavy (non-hydrogen) atoms. The molecule has 1 N–H and O–H groups in total. The maximum Gasteiger partial charge on any atom is 0.311 e. The van der Waals surface area contributed by atoms with Crippen molar-refractivity contribution in [3.8, 4) is 5.75 Å². The van der Waals surface area contributed by atoms with E-state index in [1.807, 2.05) is 13.0 Å². The van der Waals surface area contributed by atoms with Crippen molar-refractivity contribution in [1.29, 1.82) is 0 Å². The first-order chi connectivity index (χ1) is 10.2. The predicted octanol–water partition coefficient (Wildman–Crippen LogP) is 2.65. The highest BCUT2D eigenvalue weighted by Gasteiger charge is 2.21. The van der Waals surface area contributed by atoms with Crippen LogP contribution in [0, 0.1) is 10.1 Å². The third-order valence-electron chi connectivity index (χ3n) is 3.29. The molecule has 0 spiro atoms. The number of benzene rings is 1. The van der Waals surface area contributed by atoms with Crippen LogP contribution < -0.4 is 10.1 Å². The molecule has 0 amide bonds. The second kappa shape index (κ2) is 7.95. The summed E-state index contributed by atoms with van der Waals surface area (Å²) in [6.07, 6.45) is 3.11. The number of rotatable bonds is 10. The summed E-state index contributed by atoms with van der Waals surface area (Å²) in [5.41, 5.74) is 0.941. The van der Waals surface area contributed by atoms with E-state index in [9.17, 15) is 10.1 Å². The van der Waals surface area contributed by atoms with Crippen molar-refractivity contribution < 1.29 is 14.4 Å². The molecule has 0 radical (unpaired) electrons. The minimum Gasteiger partial charge on any atom is -0.487 e. The number of hydrogen-bond donors (Lipinski definition) is 1. The van der Waals surface area contributed by atoms with Gasteiger partial charge in [-0.1, -0.05) is 6.07 Å². The van der Waals surface area contributed by atoms with Crippen LogP contribution in [-0.2, 0) is 11.3 Å². The van der Waals surface area contributed by atoms with E-state index in [4.69, 9.17) is 9.47 Å². The lowest BCUT2D eigenvalue weighted by atomic mass is 10.2. The van der Waals surface area contributed by atoms with Gasteiger partial charge in [-0.3, -0.25) is 10.1 Å². The summed E-state index contributed by atoms with van der Waals surface area (Å²) in [7, 11) is 0. The van der Waals surface area contributed by atoms with E-state index in [-0.39, 0.29) is 5.69 Å². The Morgan fingerprint density at radius 2 is 2.19 bits per heavy atom. The minimum atomic E-state index is -0.390. The Bertz CT molecular complexity index is 475. The third kappa shape index (κ3) is 5.32. The molecule has 1 saturated carbocycles. The van der Waals surface area contributed by atoms with Gasteiger partial charge in [0.25, 0.3) is 0 Å². The van der Waals surface area contributed by atoms with Gasteiger partial charge in [0.2, 0.25) is 0 Å². The van der Waals surface area contributed by atoms with Gasteiger partial charge in [-0.05, 0) is 31.4 Å². The van der Waals surface area contributed by atoms with Crippen LogP contribution in [0.15, 0.2) is 18.2 Å². The number of nitrogens with zero attached hydrogens (tertiary/aromatic N) is 1. The van der Waals surface area contributed by atoms with Crippen molar-refractivity contribution >= 4 is 5.69 Å². The first kappa shape index (κ1) is 15.7. The Morgan fingerprint density at radius 1 is 1.38 bits per heavy atom. The topological polar surface area (TPSA) is 73.6 Å². The molecule has 0 bridgehead atoms. The first-order valence-electron chi connectivity index (χ1n) is 7.42. The fraction of sp³-hybridized carbons (Fsp3) is 0.600. The Labute approximate surface area is 124 Å². The summed E-state index contributed by atoms with van der Waals surface area (Å²) >= 11 is 0. The van der Waals surface area contributed by atoms with E-state index < -0.39 is 4.92 Å². The maximum atomic E-state index is 11.1. The lowest BCUT2D eigenvalue weighted by molar-refractivity contribution is -0.385. The monoisotopic (exact) mass is 294 g/mol. The van der Waals surface area contributed by atoms with E-state index >= 15 is 0 Å². The van der Waals surface area contributed by atoms with E-state index in [2.05, 4.69) is 5.32 Å². The standard InChI is InChI=1S/C15H22N2O4/c1-2-20-8-3-9-21-15-7-4-12(10-14(15)17(18)19)11-16-13-5-6-13/h4,7,10,13,16H,2-3,5-6,8-9,11H2,1H3. The average molecular weight is 294 g/mol. The van der Waals surface area contributed by atoms with Gasteiger partial charge in [0.05, 0.1) is 11.5 Å². The fourth-order valence-electron chi connectivity index (χ4n) is 1.97. The van der Waals surface area contributed by atoms with E-state index in [1.54, 1.807) is 12.1 Å². The Hall–Kier alpha value is -1.66. The highest BCUT2D eigenvalue weighted by Crippen LogP contribution is 2.28. The summed E-state index contributed by atoms with van der Waals surface area (Å²) in [6, 6.07) is 5.73. The molecule has 2 rings (SSSR count). The number of nitro groups is 1. The molecule has 0 atom stereocenters. The molecule has 0 unspecified atom stereocenters. The summed E-state index contributed by atoms with van der Waals surface area (Å²) in [5, 5.41) is 14.5. The number of hydrogen-bond acceptors (Lipinski definition) is 5. The van der Waals surface area contributed by atoms with Gasteiger partial charge in [-0.15, -0.1) is 0 Å². The van der Waals surface area contributed by atoms with Crippen LogP contribution in [0.4, 0.5) is 5.69 Å². The molecule has 0 aliphatic heterocycles. The van der Waals surface area contributed by atoms with Crippen molar-refractivity contribution in [3.05, 3.63) is 33.9 Å². The molecule has 1 aromatic rings. The summed E-state index contributed by atoms with van der Waals surface area (Å²) < 4.78 is 10.7. The van der Waals surface area contributed by atoms with Gasteiger partial charge in [0.15, 0.2) is 5.75 Å². The second-order valence-electron chi connectivity index (χ2n) is 5.11. The zero-order chi connectivity index (χ0) is 15.1. The molecule has 0 heterocycles. The molecule has 1 aliphatic rings. The number of ether oxygens (including phenoxy) is 2. The van der Waals surface area contributed by atoms with Gasteiger partial charge >= 0.3 is 5.69 Å². The van der Waals surface area contributed by atoms with Gasteiger partial charge < -0.3 is 14.8 Å². The van der Waals surface area contributed by atoms with Crippen LogP contribution in [0.25, 0.3) is 0 Å². The average Bonchev–Trinajstić information content (AvgIpc) is 3.29. The highest BCUT2D eigenvalue weighted by molar-refractivity contribution is 5.48. The van der Waals surface area contributed by atoms with Gasteiger partial charge in [0, 0.05) is 38.3 Å². The van der Waals surface area contributed by atoms with Gasteiger partial charge in [-0.25, -0.2) is 0 Å². The highest BCUT2D eigenvalue weighted by atomic mass is 16.6. The summed E-state index contributed by atoms with van der Waals surface area (Å²) in [5.74, 6) is 0.326. The molecular weight excluding hydrogens is 272 g/mol. The van der Waals surface area contributed by atoms with Crippen molar-refractivity contribution in [1.82, 2.24) is 5.32 Å². The molecule has 1 fully saturated rings. The Morgan fingerprint density at radius 3 is 2.86 bits per heavy atom. The SMILES string of the molecule is CCOCCCOc1ccc(CNC2CC2)cc1[N+](=O)[O-]. The predicted molar refractivity (Wildman–Crippen MR) is 79.6 cm³/mol. The Balaban J connectivity index is 1.90. The zero-order valence-corrected chi connectivity index (χ0v) is 12.3. The second-order valence-corrected chi connectivity index (χ2v) is 5.11. The van der Waals surface area contributed by atoms with Crippen molar-refractivity contribution in [2.24, 2.45) is 0 Å². The molecular formula is C15H22N2O4. The molecule has 1 aliphatic carbocycles. The fourth-order valence-corrected chi connectivity index (χ4v) is 1.97. The summed E-state index contributed by atoms with van der Waals surface area (Å²) in [4.78, 5) is 10.7. The van der Waals surface area contributed by atoms with E-state index in [0.717, 1.165) is 12.0 Å². The quantitative estimate of drug-likeness (QED) is 0.408. The van der Waals surface area contributed by atoms with Crippen LogP contribution in [0.1, 0.15) is 31.7 Å². The molecule has 6 heteroatoms. The minimum absolute atomic E-state index is 0.0292. The van der Waals surface area contributed by atoms with E-state index in [1.165, 1.54) is 12.8 Å². The maximum absolute atomic E-state index is 11.1. The zero-order valence-electron chi connectivity index (χ0n) is 12.3. The first-order valence-corrected chi connectivity index (χ1v) is 7.42. The lowest BCUT2D eigenvalue weighted by Gasteiger charge is -2.09. The molecule has 116 valence electrons. The van der Waals surface area contributed by atoms with Crippen molar-refractivity contribution in [2.45, 2.75) is 38.8 Å². The van der Waals surface area contributed by atoms with Crippen LogP contribution in [0.3, 0.4) is 0 Å². The lowest BCUT2D eigenvalue weighted by Crippen LogP contribution is -2.15. The third-order valence-corrected chi connectivity index (χ3v) is 3.29. The van der Waals surface area contributed by atoms with Crippen LogP contribution in [0.2, 0.25) is 0 Å². The number of nitro benzene ring substituents is 1. The molecule has 1 aromatic carbocycles. The van der Waals surface area contributed by atoms with Crippen LogP contribution in [0.5, 0.6) is 5.75 Å². The van der Waals surface area contributed by atoms with E-state index in [0.29, 0.717) is 38.2 Å². The molecule has 0 saturated heterocycles. The number of nitrogens with one attached hydrogen (secondary N) is 1. The Kier molecular flexibility index (Phi) is 5.95. The normalized spacial score (nSPS) is 14.1. The molecule has 6 nitrogen and oxygen atoms in total. The van der Waals surface area contributed by atoms with Crippen molar-refractivity contribution in [2.75, 3.05) is 19.8 Å². The van der Waals surface area contributed by atoms with Crippen molar-refractivity contribution in [3.63, 3.8) is 0 Å². The largest absolute Gasteiger partial charge is 0.487 e. The van der Waals surface area contributed by atoms with Gasteiger partial charge in [0.1, 0.15) is 0 Å². The smallest absolute Gasteiger partial charge is 0.311 e. The summed E-state index contributed by atoms with van der Waals surface area (Å²) in [6.45, 7) is 4.28. The van der Waals surface area contributed by atoms with Crippen LogP contribution in [-0.4, -0.2) is 30.8 Å². The van der Waals surface area contributed by atoms with Gasteiger partial charge in [-0.2, -0.15) is 0 Å².